The van der Waals surface area contributed by atoms with Gasteiger partial charge in [-0.1, -0.05) is 23.9 Å². The maximum absolute atomic E-state index is 12.7. The van der Waals surface area contributed by atoms with Crippen molar-refractivity contribution in [1.29, 1.82) is 0 Å². The summed E-state index contributed by atoms with van der Waals surface area (Å²) in [6.07, 6.45) is 1.97. The molecule has 1 aromatic heterocycles. The highest BCUT2D eigenvalue weighted by molar-refractivity contribution is 7.99. The van der Waals surface area contributed by atoms with Crippen molar-refractivity contribution in [3.63, 3.8) is 0 Å². The van der Waals surface area contributed by atoms with Crippen LogP contribution in [-0.2, 0) is 4.79 Å². The van der Waals surface area contributed by atoms with Crippen LogP contribution >= 0.6 is 23.5 Å². The first-order valence-corrected chi connectivity index (χ1v) is 8.77. The van der Waals surface area contributed by atoms with Crippen LogP contribution in [0, 0.1) is 0 Å². The van der Waals surface area contributed by atoms with Crippen molar-refractivity contribution in [2.75, 3.05) is 17.8 Å². The van der Waals surface area contributed by atoms with Crippen LogP contribution in [-0.4, -0.2) is 38.4 Å². The van der Waals surface area contributed by atoms with Gasteiger partial charge in [0.1, 0.15) is 0 Å². The maximum atomic E-state index is 12.7. The van der Waals surface area contributed by atoms with Crippen molar-refractivity contribution in [3.05, 3.63) is 34.6 Å². The molecule has 0 aliphatic carbocycles. The molecular weight excluding hydrogens is 308 g/mol. The molecule has 0 aliphatic heterocycles. The van der Waals surface area contributed by atoms with Crippen molar-refractivity contribution in [3.8, 4) is 0 Å². The van der Waals surface area contributed by atoms with Gasteiger partial charge >= 0.3 is 5.97 Å². The number of carboxylic acid groups (broad SMARTS) is 1. The summed E-state index contributed by atoms with van der Waals surface area (Å²) in [5.74, 6) is -0.274. The van der Waals surface area contributed by atoms with E-state index in [1.54, 1.807) is 34.5 Å². The van der Waals surface area contributed by atoms with Crippen LogP contribution in [0.5, 0.6) is 0 Å². The van der Waals surface area contributed by atoms with E-state index in [-0.39, 0.29) is 17.4 Å². The largest absolute Gasteiger partial charge is 0.481 e. The van der Waals surface area contributed by atoms with E-state index in [2.05, 4.69) is 4.98 Å². The average Bonchev–Trinajstić information content (AvgIpc) is 2.45. The molecule has 21 heavy (non-hydrogen) atoms. The number of aromatic nitrogens is 2. The summed E-state index contributed by atoms with van der Waals surface area (Å²) < 4.78 is 1.60. The molecule has 0 bridgehead atoms. The van der Waals surface area contributed by atoms with Crippen LogP contribution in [0.4, 0.5) is 0 Å². The molecule has 1 unspecified atom stereocenters. The Morgan fingerprint density at radius 2 is 2.14 bits per heavy atom. The van der Waals surface area contributed by atoms with E-state index in [1.165, 1.54) is 0 Å². The number of fused-ring (bicyclic) bond motifs is 1. The third kappa shape index (κ3) is 3.59. The molecule has 112 valence electrons. The summed E-state index contributed by atoms with van der Waals surface area (Å²) >= 11 is 2.72. The number of hydrogen-bond acceptors (Lipinski definition) is 5. The molecular formula is C14H16N2O3S2. The Morgan fingerprint density at radius 1 is 1.43 bits per heavy atom. The lowest BCUT2D eigenvalue weighted by atomic mass is 10.2. The highest BCUT2D eigenvalue weighted by Crippen LogP contribution is 2.22. The first-order valence-electron chi connectivity index (χ1n) is 6.39. The number of rotatable bonds is 6. The molecule has 0 spiro atoms. The summed E-state index contributed by atoms with van der Waals surface area (Å²) in [4.78, 5) is 27.9. The third-order valence-electron chi connectivity index (χ3n) is 2.95. The van der Waals surface area contributed by atoms with E-state index in [0.29, 0.717) is 16.1 Å². The minimum absolute atomic E-state index is 0.0408. The van der Waals surface area contributed by atoms with Crippen molar-refractivity contribution < 1.29 is 9.90 Å². The minimum Gasteiger partial charge on any atom is -0.481 e. The second-order valence-electron chi connectivity index (χ2n) is 4.57. The Kier molecular flexibility index (Phi) is 5.30. The van der Waals surface area contributed by atoms with Gasteiger partial charge in [-0.15, -0.1) is 0 Å². The highest BCUT2D eigenvalue weighted by Gasteiger charge is 2.16. The van der Waals surface area contributed by atoms with Gasteiger partial charge in [0.2, 0.25) is 0 Å². The van der Waals surface area contributed by atoms with Crippen molar-refractivity contribution in [2.24, 2.45) is 0 Å². The van der Waals surface area contributed by atoms with Gasteiger partial charge in [-0.3, -0.25) is 14.2 Å². The molecule has 0 aliphatic rings. The molecule has 2 aromatic rings. The lowest BCUT2D eigenvalue weighted by molar-refractivity contribution is -0.133. The van der Waals surface area contributed by atoms with E-state index < -0.39 is 5.97 Å². The molecule has 1 atom stereocenters. The predicted molar refractivity (Wildman–Crippen MR) is 87.5 cm³/mol. The van der Waals surface area contributed by atoms with Crippen molar-refractivity contribution >= 4 is 40.4 Å². The van der Waals surface area contributed by atoms with Crippen LogP contribution < -0.4 is 5.56 Å². The molecule has 1 N–H and O–H groups in total. The van der Waals surface area contributed by atoms with Gasteiger partial charge in [0, 0.05) is 11.8 Å². The average molecular weight is 324 g/mol. The summed E-state index contributed by atoms with van der Waals surface area (Å²) in [7, 11) is 0. The second-order valence-corrected chi connectivity index (χ2v) is 6.43. The number of benzene rings is 1. The number of nitrogens with zero attached hydrogens (tertiary/aromatic N) is 2. The van der Waals surface area contributed by atoms with Gasteiger partial charge in [0.05, 0.1) is 16.7 Å². The molecule has 2 rings (SSSR count). The molecule has 1 heterocycles. The smallest absolute Gasteiger partial charge is 0.313 e. The van der Waals surface area contributed by atoms with E-state index in [1.807, 2.05) is 19.2 Å². The molecule has 0 fully saturated rings. The zero-order chi connectivity index (χ0) is 15.4. The summed E-state index contributed by atoms with van der Waals surface area (Å²) in [5.41, 5.74) is 0.484. The van der Waals surface area contributed by atoms with Crippen LogP contribution in [0.3, 0.4) is 0 Å². The van der Waals surface area contributed by atoms with E-state index in [0.717, 1.165) is 17.5 Å². The quantitative estimate of drug-likeness (QED) is 0.650. The normalized spacial score (nSPS) is 12.5. The first kappa shape index (κ1) is 15.9. The predicted octanol–water partition coefficient (Wildman–Crippen LogP) is 2.50. The SMILES string of the molecule is CSCC(C)n1c(SCC(=O)O)nc2ccccc2c1=O. The fourth-order valence-corrected chi connectivity index (χ4v) is 3.51. The monoisotopic (exact) mass is 324 g/mol. The second kappa shape index (κ2) is 7.00. The minimum atomic E-state index is -0.925. The van der Waals surface area contributed by atoms with Gasteiger partial charge in [0.15, 0.2) is 5.16 Å². The topological polar surface area (TPSA) is 72.2 Å². The standard InChI is InChI=1S/C14H16N2O3S2/c1-9(7-20-2)16-13(19)10-5-3-4-6-11(10)15-14(16)21-8-12(17)18/h3-6,9H,7-8H2,1-2H3,(H,17,18). The highest BCUT2D eigenvalue weighted by atomic mass is 32.2. The number of carbonyl (C=O) groups is 1. The molecule has 0 amide bonds. The summed E-state index contributed by atoms with van der Waals surface area (Å²) in [5, 5.41) is 9.87. The lowest BCUT2D eigenvalue weighted by Crippen LogP contribution is -2.27. The van der Waals surface area contributed by atoms with Crippen LogP contribution in [0.25, 0.3) is 10.9 Å². The molecule has 7 heteroatoms. The number of carboxylic acids is 1. The number of para-hydroxylation sites is 1. The molecule has 1 aromatic carbocycles. The van der Waals surface area contributed by atoms with Crippen molar-refractivity contribution in [1.82, 2.24) is 9.55 Å². The molecule has 0 saturated heterocycles. The number of aliphatic carboxylic acids is 1. The molecule has 0 radical (unpaired) electrons. The molecule has 5 nitrogen and oxygen atoms in total. The summed E-state index contributed by atoms with van der Waals surface area (Å²) in [6.45, 7) is 1.94. The van der Waals surface area contributed by atoms with Crippen LogP contribution in [0.15, 0.2) is 34.2 Å². The van der Waals surface area contributed by atoms with E-state index >= 15 is 0 Å². The maximum Gasteiger partial charge on any atom is 0.313 e. The Morgan fingerprint density at radius 3 is 2.81 bits per heavy atom. The Bertz CT molecular complexity index is 715. The fraction of sp³-hybridized carbons (Fsp3) is 0.357. The third-order valence-corrected chi connectivity index (χ3v) is 4.70. The lowest BCUT2D eigenvalue weighted by Gasteiger charge is -2.18. The zero-order valence-electron chi connectivity index (χ0n) is 11.8. The Labute approximate surface area is 130 Å². The van der Waals surface area contributed by atoms with Crippen molar-refractivity contribution in [2.45, 2.75) is 18.1 Å². The van der Waals surface area contributed by atoms with E-state index in [4.69, 9.17) is 5.11 Å². The van der Waals surface area contributed by atoms with Gasteiger partial charge in [-0.2, -0.15) is 11.8 Å². The van der Waals surface area contributed by atoms with Gasteiger partial charge < -0.3 is 5.11 Å². The summed E-state index contributed by atoms with van der Waals surface area (Å²) in [6, 6.07) is 7.10. The zero-order valence-corrected chi connectivity index (χ0v) is 13.4. The number of hydrogen-bond donors (Lipinski definition) is 1. The Hall–Kier alpha value is -1.47. The van der Waals surface area contributed by atoms with Crippen LogP contribution in [0.1, 0.15) is 13.0 Å². The first-order chi connectivity index (χ1) is 10.0. The van der Waals surface area contributed by atoms with Gasteiger partial charge in [-0.05, 0) is 25.3 Å². The molecule has 0 saturated carbocycles. The number of thioether (sulfide) groups is 2. The van der Waals surface area contributed by atoms with Gasteiger partial charge in [-0.25, -0.2) is 4.98 Å². The van der Waals surface area contributed by atoms with Gasteiger partial charge in [0.25, 0.3) is 5.56 Å². The van der Waals surface area contributed by atoms with Crippen LogP contribution in [0.2, 0.25) is 0 Å². The van der Waals surface area contributed by atoms with E-state index in [9.17, 15) is 9.59 Å². The fourth-order valence-electron chi connectivity index (χ4n) is 2.06. The Balaban J connectivity index is 2.59.